The summed E-state index contributed by atoms with van der Waals surface area (Å²) in [6.45, 7) is 10.8. The van der Waals surface area contributed by atoms with Crippen LogP contribution in [0, 0.1) is 20.8 Å². The van der Waals surface area contributed by atoms with Gasteiger partial charge in [-0.25, -0.2) is 0 Å². The molecule has 1 aromatic carbocycles. The van der Waals surface area contributed by atoms with Crippen molar-refractivity contribution < 1.29 is 5.11 Å². The van der Waals surface area contributed by atoms with Crippen LogP contribution in [0.2, 0.25) is 0 Å². The highest BCUT2D eigenvalue weighted by atomic mass is 32.2. The van der Waals surface area contributed by atoms with E-state index in [1.807, 2.05) is 11.8 Å². The Hall–Kier alpha value is -0.470. The number of hydrogen-bond acceptors (Lipinski definition) is 2. The fraction of sp³-hybridized carbons (Fsp3) is 0.625. The minimum Gasteiger partial charge on any atom is -0.392 e. The molecule has 0 aromatic heterocycles. The van der Waals surface area contributed by atoms with E-state index in [-0.39, 0.29) is 6.10 Å². The molecule has 0 aliphatic rings. The highest BCUT2D eigenvalue weighted by molar-refractivity contribution is 7.99. The first-order chi connectivity index (χ1) is 8.43. The van der Waals surface area contributed by atoms with Crippen LogP contribution in [0.15, 0.2) is 12.1 Å². The van der Waals surface area contributed by atoms with Gasteiger partial charge in [0.05, 0.1) is 6.10 Å². The van der Waals surface area contributed by atoms with Crippen molar-refractivity contribution in [2.45, 2.75) is 58.8 Å². The number of thioether (sulfide) groups is 1. The first kappa shape index (κ1) is 15.6. The predicted octanol–water partition coefficient (Wildman–Crippen LogP) is 4.05. The fourth-order valence-corrected chi connectivity index (χ4v) is 3.12. The van der Waals surface area contributed by atoms with Gasteiger partial charge in [-0.15, -0.1) is 0 Å². The molecule has 0 amide bonds. The van der Waals surface area contributed by atoms with Gasteiger partial charge in [-0.3, -0.25) is 0 Å². The lowest BCUT2D eigenvalue weighted by molar-refractivity contribution is 0.199. The first-order valence-corrected chi connectivity index (χ1v) is 7.85. The van der Waals surface area contributed by atoms with Crippen LogP contribution in [-0.2, 0) is 6.42 Å². The van der Waals surface area contributed by atoms with Gasteiger partial charge in [0.25, 0.3) is 0 Å². The minimum atomic E-state index is -0.232. The summed E-state index contributed by atoms with van der Waals surface area (Å²) in [5, 5.41) is 10.8. The largest absolute Gasteiger partial charge is 0.392 e. The van der Waals surface area contributed by atoms with Gasteiger partial charge >= 0.3 is 0 Å². The van der Waals surface area contributed by atoms with Crippen molar-refractivity contribution in [1.29, 1.82) is 0 Å². The molecule has 0 aliphatic heterocycles. The van der Waals surface area contributed by atoms with Crippen molar-refractivity contribution >= 4 is 11.8 Å². The maximum Gasteiger partial charge on any atom is 0.0671 e. The van der Waals surface area contributed by atoms with Crippen LogP contribution in [0.3, 0.4) is 0 Å². The summed E-state index contributed by atoms with van der Waals surface area (Å²) in [5.74, 6) is 0.835. The third kappa shape index (κ3) is 4.66. The van der Waals surface area contributed by atoms with Gasteiger partial charge in [0.1, 0.15) is 0 Å². The Kier molecular flexibility index (Phi) is 6.24. The minimum absolute atomic E-state index is 0.232. The van der Waals surface area contributed by atoms with Gasteiger partial charge in [-0.05, 0) is 50.3 Å². The Morgan fingerprint density at radius 2 is 1.72 bits per heavy atom. The summed E-state index contributed by atoms with van der Waals surface area (Å²) in [6.07, 6.45) is 1.71. The highest BCUT2D eigenvalue weighted by Gasteiger charge is 2.12. The molecule has 0 radical (unpaired) electrons. The van der Waals surface area contributed by atoms with E-state index < -0.39 is 0 Å². The molecule has 102 valence electrons. The highest BCUT2D eigenvalue weighted by Crippen LogP contribution is 2.21. The van der Waals surface area contributed by atoms with Crippen LogP contribution in [0.1, 0.15) is 42.5 Å². The maximum absolute atomic E-state index is 10.1. The smallest absolute Gasteiger partial charge is 0.0671 e. The van der Waals surface area contributed by atoms with Gasteiger partial charge in [0.15, 0.2) is 0 Å². The van der Waals surface area contributed by atoms with Crippen LogP contribution in [0.4, 0.5) is 0 Å². The lowest BCUT2D eigenvalue weighted by atomic mass is 9.96. The average Bonchev–Trinajstić information content (AvgIpc) is 2.30. The molecule has 0 heterocycles. The molecule has 18 heavy (non-hydrogen) atoms. The third-order valence-electron chi connectivity index (χ3n) is 3.43. The van der Waals surface area contributed by atoms with Gasteiger partial charge in [-0.2, -0.15) is 11.8 Å². The molecular formula is C16H26OS. The fourth-order valence-electron chi connectivity index (χ4n) is 2.22. The normalized spacial score (nSPS) is 14.6. The summed E-state index contributed by atoms with van der Waals surface area (Å²) in [5.41, 5.74) is 5.23. The zero-order chi connectivity index (χ0) is 13.7. The standard InChI is InChI=1S/C16H26OS/c1-6-14(5)18-10-15(17)9-16-12(3)7-11(2)8-13(16)4/h7-8,14-15,17H,6,9-10H2,1-5H3. The molecule has 0 aliphatic carbocycles. The van der Waals surface area contributed by atoms with Gasteiger partial charge < -0.3 is 5.11 Å². The summed E-state index contributed by atoms with van der Waals surface area (Å²) in [6, 6.07) is 4.41. The quantitative estimate of drug-likeness (QED) is 0.838. The van der Waals surface area contributed by atoms with E-state index >= 15 is 0 Å². The molecule has 0 fully saturated rings. The van der Waals surface area contributed by atoms with E-state index in [1.54, 1.807) is 0 Å². The Labute approximate surface area is 116 Å². The Balaban J connectivity index is 2.62. The second-order valence-electron chi connectivity index (χ2n) is 5.29. The van der Waals surface area contributed by atoms with Gasteiger partial charge in [0.2, 0.25) is 0 Å². The van der Waals surface area contributed by atoms with Crippen LogP contribution >= 0.6 is 11.8 Å². The second kappa shape index (κ2) is 7.20. The molecule has 0 spiro atoms. The Morgan fingerprint density at radius 3 is 2.22 bits per heavy atom. The predicted molar refractivity (Wildman–Crippen MR) is 82.6 cm³/mol. The molecule has 2 atom stereocenters. The van der Waals surface area contributed by atoms with Crippen molar-refractivity contribution in [2.75, 3.05) is 5.75 Å². The lowest BCUT2D eigenvalue weighted by Gasteiger charge is -2.17. The molecule has 2 heteroatoms. The summed E-state index contributed by atoms with van der Waals surface area (Å²) in [7, 11) is 0. The van der Waals surface area contributed by atoms with E-state index in [1.165, 1.54) is 28.7 Å². The summed E-state index contributed by atoms with van der Waals surface area (Å²) < 4.78 is 0. The van der Waals surface area contributed by atoms with E-state index in [9.17, 15) is 5.11 Å². The van der Waals surface area contributed by atoms with Crippen molar-refractivity contribution in [2.24, 2.45) is 0 Å². The average molecular weight is 266 g/mol. The van der Waals surface area contributed by atoms with E-state index in [0.29, 0.717) is 5.25 Å². The van der Waals surface area contributed by atoms with Crippen molar-refractivity contribution in [3.8, 4) is 0 Å². The van der Waals surface area contributed by atoms with Crippen LogP contribution < -0.4 is 0 Å². The lowest BCUT2D eigenvalue weighted by Crippen LogP contribution is -2.17. The molecule has 2 unspecified atom stereocenters. The SMILES string of the molecule is CCC(C)SCC(O)Cc1c(C)cc(C)cc1C. The van der Waals surface area contributed by atoms with Gasteiger partial charge in [0, 0.05) is 11.0 Å². The molecule has 1 N–H and O–H groups in total. The first-order valence-electron chi connectivity index (χ1n) is 6.80. The van der Waals surface area contributed by atoms with E-state index in [4.69, 9.17) is 0 Å². The topological polar surface area (TPSA) is 20.2 Å². The molecule has 1 nitrogen and oxygen atoms in total. The van der Waals surface area contributed by atoms with Crippen molar-refractivity contribution in [3.05, 3.63) is 34.4 Å². The third-order valence-corrected chi connectivity index (χ3v) is 4.91. The molecule has 0 saturated carbocycles. The van der Waals surface area contributed by atoms with Gasteiger partial charge in [-0.1, -0.05) is 31.5 Å². The summed E-state index contributed by atoms with van der Waals surface area (Å²) in [4.78, 5) is 0. The number of rotatable bonds is 6. The van der Waals surface area contributed by atoms with E-state index in [2.05, 4.69) is 46.8 Å². The van der Waals surface area contributed by atoms with Crippen LogP contribution in [0.25, 0.3) is 0 Å². The monoisotopic (exact) mass is 266 g/mol. The zero-order valence-electron chi connectivity index (χ0n) is 12.3. The number of hydrogen-bond donors (Lipinski definition) is 1. The number of benzene rings is 1. The number of aliphatic hydroxyl groups excluding tert-OH is 1. The molecular weight excluding hydrogens is 240 g/mol. The number of aryl methyl sites for hydroxylation is 3. The Bertz CT molecular complexity index is 364. The molecule has 0 bridgehead atoms. The Morgan fingerprint density at radius 1 is 1.17 bits per heavy atom. The summed E-state index contributed by atoms with van der Waals surface area (Å²) >= 11 is 1.87. The van der Waals surface area contributed by atoms with Crippen molar-refractivity contribution in [1.82, 2.24) is 0 Å². The molecule has 1 rings (SSSR count). The zero-order valence-corrected chi connectivity index (χ0v) is 13.1. The van der Waals surface area contributed by atoms with Crippen LogP contribution in [-0.4, -0.2) is 22.2 Å². The van der Waals surface area contributed by atoms with E-state index in [0.717, 1.165) is 12.2 Å². The molecule has 1 aromatic rings. The maximum atomic E-state index is 10.1. The van der Waals surface area contributed by atoms with Crippen LogP contribution in [0.5, 0.6) is 0 Å². The molecule has 0 saturated heterocycles. The number of aliphatic hydroxyl groups is 1. The second-order valence-corrected chi connectivity index (χ2v) is 6.76. The van der Waals surface area contributed by atoms with Crippen molar-refractivity contribution in [3.63, 3.8) is 0 Å².